The second-order valence-electron chi connectivity index (χ2n) is 4.50. The number of hydrogen-bond acceptors (Lipinski definition) is 5. The fourth-order valence-corrected chi connectivity index (χ4v) is 2.57. The molecule has 0 amide bonds. The maximum Gasteiger partial charge on any atom is 0.348 e. The molecule has 124 valence electrons. The first-order valence-electron chi connectivity index (χ1n) is 7.45. The number of benzene rings is 1. The molecule has 0 atom stereocenters. The van der Waals surface area contributed by atoms with Gasteiger partial charge in [0.2, 0.25) is 0 Å². The molecule has 0 unspecified atom stereocenters. The van der Waals surface area contributed by atoms with Gasteiger partial charge in [0.15, 0.2) is 11.5 Å². The first-order valence-corrected chi connectivity index (χ1v) is 8.53. The Morgan fingerprint density at radius 2 is 2.00 bits per heavy atom. The van der Waals surface area contributed by atoms with Gasteiger partial charge in [-0.05, 0) is 66.6 Å². The zero-order chi connectivity index (χ0) is 17.2. The van der Waals surface area contributed by atoms with Crippen molar-refractivity contribution >= 4 is 34.6 Å². The van der Waals surface area contributed by atoms with Gasteiger partial charge in [0.25, 0.3) is 0 Å². The topological polar surface area (TPSA) is 68.5 Å². The lowest BCUT2D eigenvalue weighted by molar-refractivity contribution is -0.137. The van der Waals surface area contributed by atoms with Crippen molar-refractivity contribution in [3.05, 3.63) is 26.8 Å². The zero-order valence-corrected chi connectivity index (χ0v) is 15.7. The van der Waals surface area contributed by atoms with Crippen molar-refractivity contribution < 1.29 is 19.0 Å². The van der Waals surface area contributed by atoms with E-state index < -0.39 is 5.97 Å². The number of nitrogens with zero attached hydrogens (tertiary/aromatic N) is 1. The van der Waals surface area contributed by atoms with Crippen molar-refractivity contribution in [3.63, 3.8) is 0 Å². The summed E-state index contributed by atoms with van der Waals surface area (Å²) in [6, 6.07) is 5.46. The summed E-state index contributed by atoms with van der Waals surface area (Å²) in [4.78, 5) is 11.7. The summed E-state index contributed by atoms with van der Waals surface area (Å²) in [7, 11) is 0. The van der Waals surface area contributed by atoms with E-state index in [0.29, 0.717) is 30.3 Å². The van der Waals surface area contributed by atoms with Gasteiger partial charge in [0.05, 0.1) is 23.4 Å². The fourth-order valence-electron chi connectivity index (χ4n) is 1.79. The Morgan fingerprint density at radius 3 is 2.57 bits per heavy atom. The van der Waals surface area contributed by atoms with Gasteiger partial charge in [0.1, 0.15) is 11.6 Å². The number of carbonyl (C=O) groups is 1. The van der Waals surface area contributed by atoms with Gasteiger partial charge in [-0.3, -0.25) is 0 Å². The van der Waals surface area contributed by atoms with Crippen LogP contribution in [-0.2, 0) is 9.53 Å². The van der Waals surface area contributed by atoms with E-state index in [1.807, 2.05) is 26.0 Å². The molecule has 1 aromatic carbocycles. The standard InChI is InChI=1S/C17H20INO4/c1-4-7-23-16-14(18)9-12(10-15(16)21-5-2)8-13(11-19)17(20)22-6-3/h8-10H,4-7H2,1-3H3/b13-8-. The molecule has 0 heterocycles. The summed E-state index contributed by atoms with van der Waals surface area (Å²) in [6.45, 7) is 6.93. The summed E-state index contributed by atoms with van der Waals surface area (Å²) < 4.78 is 17.1. The largest absolute Gasteiger partial charge is 0.490 e. The Kier molecular flexibility index (Phi) is 8.48. The Balaban J connectivity index is 3.22. The Morgan fingerprint density at radius 1 is 1.26 bits per heavy atom. The van der Waals surface area contributed by atoms with Gasteiger partial charge in [-0.25, -0.2) is 4.79 Å². The van der Waals surface area contributed by atoms with Crippen molar-refractivity contribution in [3.8, 4) is 17.6 Å². The number of ether oxygens (including phenoxy) is 3. The van der Waals surface area contributed by atoms with Gasteiger partial charge < -0.3 is 14.2 Å². The van der Waals surface area contributed by atoms with Crippen molar-refractivity contribution in [2.24, 2.45) is 0 Å². The van der Waals surface area contributed by atoms with Crippen LogP contribution >= 0.6 is 22.6 Å². The average Bonchev–Trinajstić information content (AvgIpc) is 2.52. The van der Waals surface area contributed by atoms with Crippen molar-refractivity contribution in [2.45, 2.75) is 27.2 Å². The molecular weight excluding hydrogens is 409 g/mol. The molecule has 0 fully saturated rings. The molecule has 0 aliphatic rings. The van der Waals surface area contributed by atoms with Gasteiger partial charge >= 0.3 is 5.97 Å². The molecule has 0 bridgehead atoms. The van der Waals surface area contributed by atoms with Crippen LogP contribution in [0.3, 0.4) is 0 Å². The molecule has 23 heavy (non-hydrogen) atoms. The van der Waals surface area contributed by atoms with Gasteiger partial charge in [-0.1, -0.05) is 6.92 Å². The normalized spacial score (nSPS) is 10.8. The van der Waals surface area contributed by atoms with Crippen LogP contribution in [0, 0.1) is 14.9 Å². The predicted molar refractivity (Wildman–Crippen MR) is 96.3 cm³/mol. The molecule has 1 rings (SSSR count). The Bertz CT molecular complexity index is 620. The van der Waals surface area contributed by atoms with E-state index in [0.717, 1.165) is 9.99 Å². The lowest BCUT2D eigenvalue weighted by Gasteiger charge is -2.14. The lowest BCUT2D eigenvalue weighted by Crippen LogP contribution is -2.06. The quantitative estimate of drug-likeness (QED) is 0.271. The highest BCUT2D eigenvalue weighted by molar-refractivity contribution is 14.1. The smallest absolute Gasteiger partial charge is 0.348 e. The van der Waals surface area contributed by atoms with E-state index in [9.17, 15) is 4.79 Å². The summed E-state index contributed by atoms with van der Waals surface area (Å²) in [5.41, 5.74) is 0.638. The molecular formula is C17H20INO4. The monoisotopic (exact) mass is 429 g/mol. The van der Waals surface area contributed by atoms with Crippen LogP contribution in [0.1, 0.15) is 32.8 Å². The highest BCUT2D eigenvalue weighted by atomic mass is 127. The minimum absolute atomic E-state index is 0.0488. The van der Waals surface area contributed by atoms with E-state index in [4.69, 9.17) is 19.5 Å². The van der Waals surface area contributed by atoms with E-state index in [2.05, 4.69) is 22.6 Å². The van der Waals surface area contributed by atoms with E-state index >= 15 is 0 Å². The molecule has 0 radical (unpaired) electrons. The van der Waals surface area contributed by atoms with Crippen LogP contribution in [0.4, 0.5) is 0 Å². The van der Waals surface area contributed by atoms with Gasteiger partial charge in [0, 0.05) is 0 Å². The predicted octanol–water partition coefficient (Wildman–Crippen LogP) is 3.95. The molecule has 6 heteroatoms. The average molecular weight is 429 g/mol. The molecule has 0 aromatic heterocycles. The van der Waals surface area contributed by atoms with E-state index in [1.165, 1.54) is 6.08 Å². The summed E-state index contributed by atoms with van der Waals surface area (Å²) in [6.07, 6.45) is 2.39. The molecule has 0 spiro atoms. The third kappa shape index (κ3) is 5.75. The number of nitriles is 1. The molecule has 0 aliphatic heterocycles. The molecule has 0 saturated carbocycles. The van der Waals surface area contributed by atoms with Crippen LogP contribution in [0.2, 0.25) is 0 Å². The molecule has 0 aliphatic carbocycles. The van der Waals surface area contributed by atoms with Gasteiger partial charge in [-0.15, -0.1) is 0 Å². The number of hydrogen-bond donors (Lipinski definition) is 0. The summed E-state index contributed by atoms with van der Waals surface area (Å²) >= 11 is 2.15. The second kappa shape index (κ2) is 10.1. The highest BCUT2D eigenvalue weighted by Crippen LogP contribution is 2.35. The van der Waals surface area contributed by atoms with E-state index in [1.54, 1.807) is 13.0 Å². The number of carbonyl (C=O) groups excluding carboxylic acids is 1. The van der Waals surface area contributed by atoms with Gasteiger partial charge in [-0.2, -0.15) is 5.26 Å². The molecule has 1 aromatic rings. The van der Waals surface area contributed by atoms with E-state index in [-0.39, 0.29) is 12.2 Å². The minimum Gasteiger partial charge on any atom is -0.490 e. The summed E-state index contributed by atoms with van der Waals surface area (Å²) in [5, 5.41) is 9.12. The van der Waals surface area contributed by atoms with Crippen molar-refractivity contribution in [1.82, 2.24) is 0 Å². The Labute approximate surface area is 150 Å². The molecule has 0 N–H and O–H groups in total. The summed E-state index contributed by atoms with van der Waals surface area (Å²) in [5.74, 6) is 0.649. The number of halogens is 1. The second-order valence-corrected chi connectivity index (χ2v) is 5.66. The van der Waals surface area contributed by atoms with Crippen molar-refractivity contribution in [1.29, 1.82) is 5.26 Å². The molecule has 5 nitrogen and oxygen atoms in total. The van der Waals surface area contributed by atoms with Crippen LogP contribution < -0.4 is 9.47 Å². The third-order valence-electron chi connectivity index (χ3n) is 2.71. The zero-order valence-electron chi connectivity index (χ0n) is 13.5. The minimum atomic E-state index is -0.630. The van der Waals surface area contributed by atoms with Crippen LogP contribution in [-0.4, -0.2) is 25.8 Å². The van der Waals surface area contributed by atoms with Crippen LogP contribution in [0.5, 0.6) is 11.5 Å². The first kappa shape index (κ1) is 19.3. The lowest BCUT2D eigenvalue weighted by atomic mass is 10.1. The third-order valence-corrected chi connectivity index (χ3v) is 3.51. The van der Waals surface area contributed by atoms with Crippen LogP contribution in [0.25, 0.3) is 6.08 Å². The molecule has 0 saturated heterocycles. The maximum absolute atomic E-state index is 11.7. The number of esters is 1. The Hall–Kier alpha value is -1.75. The first-order chi connectivity index (χ1) is 11.1. The maximum atomic E-state index is 11.7. The van der Waals surface area contributed by atoms with Crippen LogP contribution in [0.15, 0.2) is 17.7 Å². The highest BCUT2D eigenvalue weighted by Gasteiger charge is 2.14. The van der Waals surface area contributed by atoms with Crippen molar-refractivity contribution in [2.75, 3.05) is 19.8 Å². The SMILES string of the molecule is CCCOc1c(I)cc(/C=C(/C#N)C(=O)OCC)cc1OCC. The fraction of sp³-hybridized carbons (Fsp3) is 0.412. The number of rotatable bonds is 8.